The lowest BCUT2D eigenvalue weighted by molar-refractivity contribution is 0.0595. The van der Waals surface area contributed by atoms with Gasteiger partial charge in [0.1, 0.15) is 17.2 Å². The van der Waals surface area contributed by atoms with Crippen molar-refractivity contribution in [1.82, 2.24) is 4.98 Å². The largest absolute Gasteiger partial charge is 0.490 e. The maximum atomic E-state index is 11.8. The highest BCUT2D eigenvalue weighted by Gasteiger charge is 2.18. The zero-order valence-corrected chi connectivity index (χ0v) is 14.6. The molecule has 0 unspecified atom stereocenters. The van der Waals surface area contributed by atoms with Crippen LogP contribution in [0.4, 0.5) is 0 Å². The van der Waals surface area contributed by atoms with E-state index < -0.39 is 5.97 Å². The number of benzene rings is 1. The van der Waals surface area contributed by atoms with Crippen LogP contribution < -0.4 is 9.47 Å². The van der Waals surface area contributed by atoms with Gasteiger partial charge in [-0.1, -0.05) is 6.42 Å². The van der Waals surface area contributed by atoms with Crippen molar-refractivity contribution in [2.45, 2.75) is 58.2 Å². The number of carbonyl (C=O) groups is 1. The van der Waals surface area contributed by atoms with Crippen molar-refractivity contribution >= 4 is 16.9 Å². The van der Waals surface area contributed by atoms with E-state index in [1.807, 2.05) is 26.0 Å². The van der Waals surface area contributed by atoms with Crippen LogP contribution in [0, 0.1) is 0 Å². The van der Waals surface area contributed by atoms with Gasteiger partial charge in [-0.05, 0) is 45.6 Å². The van der Waals surface area contributed by atoms with Gasteiger partial charge < -0.3 is 19.2 Å². The Bertz CT molecular complexity index is 713. The van der Waals surface area contributed by atoms with Crippen LogP contribution in [0.2, 0.25) is 0 Å². The second-order valence-corrected chi connectivity index (χ2v) is 6.60. The van der Waals surface area contributed by atoms with Crippen molar-refractivity contribution in [3.05, 3.63) is 23.9 Å². The van der Waals surface area contributed by atoms with Crippen LogP contribution in [-0.4, -0.2) is 30.3 Å². The number of ether oxygens (including phenoxy) is 3. The van der Waals surface area contributed by atoms with Gasteiger partial charge in [0.05, 0.1) is 24.8 Å². The Labute approximate surface area is 142 Å². The number of methoxy groups -OCH3 is 1. The molecule has 0 atom stereocenters. The van der Waals surface area contributed by atoms with Crippen LogP contribution in [0.25, 0.3) is 10.9 Å². The normalized spacial score (nSPS) is 15.7. The van der Waals surface area contributed by atoms with E-state index in [0.717, 1.165) is 35.2 Å². The van der Waals surface area contributed by atoms with Gasteiger partial charge in [-0.3, -0.25) is 0 Å². The molecule has 2 aromatic rings. The topological polar surface area (TPSA) is 60.6 Å². The third kappa shape index (κ3) is 3.66. The predicted octanol–water partition coefficient (Wildman–Crippen LogP) is 4.45. The third-order valence-electron chi connectivity index (χ3n) is 4.30. The Balaban J connectivity index is 1.95. The van der Waals surface area contributed by atoms with E-state index in [0.29, 0.717) is 5.69 Å². The molecule has 0 spiro atoms. The minimum absolute atomic E-state index is 0.0367. The first-order chi connectivity index (χ1) is 11.6. The summed E-state index contributed by atoms with van der Waals surface area (Å²) in [6, 6.07) is 5.62. The zero-order valence-electron chi connectivity index (χ0n) is 14.6. The molecule has 0 radical (unpaired) electrons. The van der Waals surface area contributed by atoms with Crippen LogP contribution in [0.15, 0.2) is 18.2 Å². The molecular weight excluding hydrogens is 306 g/mol. The first-order valence-electron chi connectivity index (χ1n) is 8.65. The van der Waals surface area contributed by atoms with Crippen LogP contribution in [0.1, 0.15) is 56.4 Å². The number of carbonyl (C=O) groups excluding carboxylic acids is 1. The summed E-state index contributed by atoms with van der Waals surface area (Å²) in [7, 11) is 1.37. The van der Waals surface area contributed by atoms with Crippen LogP contribution in [0.5, 0.6) is 11.5 Å². The number of rotatable bonds is 5. The maximum Gasteiger partial charge on any atom is 0.354 e. The number of aromatic nitrogens is 1. The van der Waals surface area contributed by atoms with Crippen molar-refractivity contribution in [2.24, 2.45) is 0 Å². The minimum atomic E-state index is -0.392. The van der Waals surface area contributed by atoms with Crippen molar-refractivity contribution in [2.75, 3.05) is 7.11 Å². The van der Waals surface area contributed by atoms with Crippen LogP contribution in [0.3, 0.4) is 0 Å². The molecular formula is C19H25NO4. The molecule has 1 aromatic heterocycles. The number of hydrogen-bond donors (Lipinski definition) is 1. The summed E-state index contributed by atoms with van der Waals surface area (Å²) in [4.78, 5) is 14.9. The Morgan fingerprint density at radius 1 is 1.17 bits per heavy atom. The molecule has 1 aliphatic rings. The van der Waals surface area contributed by atoms with Crippen LogP contribution in [-0.2, 0) is 4.74 Å². The SMILES string of the molecule is COC(=O)c1cc2c(OC(C)C)cc(OC3CCCCC3)cc2[nH]1. The predicted molar refractivity (Wildman–Crippen MR) is 92.9 cm³/mol. The van der Waals surface area contributed by atoms with E-state index in [4.69, 9.17) is 14.2 Å². The summed E-state index contributed by atoms with van der Waals surface area (Å²) >= 11 is 0. The summed E-state index contributed by atoms with van der Waals surface area (Å²) in [5.41, 5.74) is 1.23. The standard InChI is InChI=1S/C19H25NO4/c1-12(2)23-18-10-14(24-13-7-5-4-6-8-13)9-16-15(18)11-17(20-16)19(21)22-3/h9-13,20H,4-8H2,1-3H3. The fraction of sp³-hybridized carbons (Fsp3) is 0.526. The molecule has 1 fully saturated rings. The number of nitrogens with one attached hydrogen (secondary N) is 1. The fourth-order valence-electron chi connectivity index (χ4n) is 3.19. The highest BCUT2D eigenvalue weighted by Crippen LogP contribution is 2.34. The molecule has 130 valence electrons. The molecule has 0 bridgehead atoms. The van der Waals surface area contributed by atoms with Gasteiger partial charge in [-0.2, -0.15) is 0 Å². The summed E-state index contributed by atoms with van der Waals surface area (Å²) in [6.45, 7) is 3.96. The zero-order chi connectivity index (χ0) is 17.1. The second-order valence-electron chi connectivity index (χ2n) is 6.60. The lowest BCUT2D eigenvalue weighted by Crippen LogP contribution is -2.19. The monoisotopic (exact) mass is 331 g/mol. The fourth-order valence-corrected chi connectivity index (χ4v) is 3.19. The number of esters is 1. The molecule has 1 aliphatic carbocycles. The Morgan fingerprint density at radius 3 is 2.58 bits per heavy atom. The van der Waals surface area contributed by atoms with E-state index in [9.17, 15) is 4.79 Å². The van der Waals surface area contributed by atoms with E-state index in [2.05, 4.69) is 4.98 Å². The Hall–Kier alpha value is -2.17. The lowest BCUT2D eigenvalue weighted by Gasteiger charge is -2.23. The molecule has 1 saturated carbocycles. The van der Waals surface area contributed by atoms with Crippen molar-refractivity contribution in [1.29, 1.82) is 0 Å². The molecule has 5 nitrogen and oxygen atoms in total. The van der Waals surface area contributed by atoms with Gasteiger partial charge in [0.15, 0.2) is 0 Å². The number of fused-ring (bicyclic) bond motifs is 1. The van der Waals surface area contributed by atoms with E-state index in [-0.39, 0.29) is 12.2 Å². The third-order valence-corrected chi connectivity index (χ3v) is 4.30. The minimum Gasteiger partial charge on any atom is -0.490 e. The van der Waals surface area contributed by atoms with Gasteiger partial charge in [0, 0.05) is 17.5 Å². The first kappa shape index (κ1) is 16.7. The summed E-state index contributed by atoms with van der Waals surface area (Å²) < 4.78 is 16.9. The summed E-state index contributed by atoms with van der Waals surface area (Å²) in [5, 5.41) is 0.861. The van der Waals surface area contributed by atoms with Crippen LogP contribution >= 0.6 is 0 Å². The summed E-state index contributed by atoms with van der Waals surface area (Å²) in [5.74, 6) is 1.11. The second kappa shape index (κ2) is 7.16. The molecule has 1 N–H and O–H groups in total. The number of aromatic amines is 1. The highest BCUT2D eigenvalue weighted by molar-refractivity contribution is 5.97. The maximum absolute atomic E-state index is 11.8. The molecule has 3 rings (SSSR count). The average Bonchev–Trinajstić information content (AvgIpc) is 2.99. The van der Waals surface area contributed by atoms with Gasteiger partial charge >= 0.3 is 5.97 Å². The molecule has 0 aliphatic heterocycles. The smallest absolute Gasteiger partial charge is 0.354 e. The average molecular weight is 331 g/mol. The molecule has 0 saturated heterocycles. The first-order valence-corrected chi connectivity index (χ1v) is 8.65. The van der Waals surface area contributed by atoms with Crippen molar-refractivity contribution < 1.29 is 19.0 Å². The quantitative estimate of drug-likeness (QED) is 0.822. The highest BCUT2D eigenvalue weighted by atomic mass is 16.5. The van der Waals surface area contributed by atoms with Gasteiger partial charge in [0.25, 0.3) is 0 Å². The lowest BCUT2D eigenvalue weighted by atomic mass is 9.98. The van der Waals surface area contributed by atoms with E-state index >= 15 is 0 Å². The van der Waals surface area contributed by atoms with Gasteiger partial charge in [-0.25, -0.2) is 4.79 Å². The van der Waals surface area contributed by atoms with Crippen molar-refractivity contribution in [3.8, 4) is 11.5 Å². The molecule has 1 aromatic carbocycles. The molecule has 24 heavy (non-hydrogen) atoms. The van der Waals surface area contributed by atoms with Gasteiger partial charge in [-0.15, -0.1) is 0 Å². The van der Waals surface area contributed by atoms with Crippen molar-refractivity contribution in [3.63, 3.8) is 0 Å². The Morgan fingerprint density at radius 2 is 1.92 bits per heavy atom. The van der Waals surface area contributed by atoms with E-state index in [1.54, 1.807) is 6.07 Å². The molecule has 5 heteroatoms. The number of hydrogen-bond acceptors (Lipinski definition) is 4. The van der Waals surface area contributed by atoms with E-state index in [1.165, 1.54) is 26.4 Å². The molecule has 0 amide bonds. The Kier molecular flexibility index (Phi) is 4.97. The van der Waals surface area contributed by atoms with Gasteiger partial charge in [0.2, 0.25) is 0 Å². The molecule has 1 heterocycles. The summed E-state index contributed by atoms with van der Waals surface area (Å²) in [6.07, 6.45) is 6.22. The number of H-pyrrole nitrogens is 1.